The smallest absolute Gasteiger partial charge is 0.0107 e. The Morgan fingerprint density at radius 3 is 1.86 bits per heavy atom. The molecule has 0 rings (SSSR count). The lowest BCUT2D eigenvalue weighted by Crippen LogP contribution is -2.37. The van der Waals surface area contributed by atoms with Gasteiger partial charge in [0.15, 0.2) is 0 Å². The van der Waals surface area contributed by atoms with E-state index >= 15 is 0 Å². The minimum absolute atomic E-state index is 0.654. The van der Waals surface area contributed by atoms with Gasteiger partial charge in [-0.05, 0) is 64.8 Å². The Morgan fingerprint density at radius 2 is 1.33 bits per heavy atom. The lowest BCUT2D eigenvalue weighted by Gasteiger charge is -2.24. The Hall–Kier alpha value is -0.120. The van der Waals surface area contributed by atoms with Crippen molar-refractivity contribution >= 4 is 0 Å². The Morgan fingerprint density at radius 1 is 0.762 bits per heavy atom. The van der Waals surface area contributed by atoms with Crippen LogP contribution in [-0.2, 0) is 0 Å². The summed E-state index contributed by atoms with van der Waals surface area (Å²) in [6, 6.07) is 0.654. The fraction of sp³-hybridized carbons (Fsp3) is 1.00. The van der Waals surface area contributed by atoms with Gasteiger partial charge in [0, 0.05) is 19.1 Å². The second-order valence-corrected chi connectivity index (χ2v) is 6.64. The van der Waals surface area contributed by atoms with E-state index in [0.717, 1.165) is 12.5 Å². The Bertz CT molecular complexity index is 215. The number of nitrogens with one attached hydrogen (secondary N) is 1. The van der Waals surface area contributed by atoms with Crippen LogP contribution in [0.25, 0.3) is 0 Å². The summed E-state index contributed by atoms with van der Waals surface area (Å²) in [4.78, 5) is 5.09. The molecule has 0 saturated carbocycles. The predicted molar refractivity (Wildman–Crippen MR) is 96.1 cm³/mol. The van der Waals surface area contributed by atoms with Gasteiger partial charge >= 0.3 is 0 Å². The van der Waals surface area contributed by atoms with Gasteiger partial charge in [0.25, 0.3) is 0 Å². The molecular weight excluding hydrogens is 258 g/mol. The molecule has 21 heavy (non-hydrogen) atoms. The maximum absolute atomic E-state index is 3.67. The van der Waals surface area contributed by atoms with E-state index in [0.29, 0.717) is 6.04 Å². The molecule has 0 heterocycles. The van der Waals surface area contributed by atoms with E-state index in [1.807, 2.05) is 0 Å². The summed E-state index contributed by atoms with van der Waals surface area (Å²) in [6.07, 6.45) is 3.92. The highest BCUT2D eigenvalue weighted by molar-refractivity contribution is 4.65. The molecule has 1 atom stereocenters. The highest BCUT2D eigenvalue weighted by Gasteiger charge is 2.06. The molecule has 0 aromatic carbocycles. The third-order valence-corrected chi connectivity index (χ3v) is 4.39. The van der Waals surface area contributed by atoms with Crippen molar-refractivity contribution < 1.29 is 0 Å². The van der Waals surface area contributed by atoms with Crippen molar-refractivity contribution in [2.75, 3.05) is 45.8 Å². The van der Waals surface area contributed by atoms with Crippen LogP contribution in [0.15, 0.2) is 0 Å². The minimum Gasteiger partial charge on any atom is -0.313 e. The Balaban J connectivity index is 3.69. The molecule has 0 aliphatic rings. The maximum Gasteiger partial charge on any atom is 0.0107 e. The summed E-state index contributed by atoms with van der Waals surface area (Å²) in [6.45, 7) is 22.0. The topological polar surface area (TPSA) is 18.5 Å². The first-order chi connectivity index (χ1) is 10.0. The van der Waals surface area contributed by atoms with E-state index in [1.54, 1.807) is 0 Å². The molecule has 0 fully saturated rings. The van der Waals surface area contributed by atoms with Crippen molar-refractivity contribution in [2.45, 2.75) is 66.8 Å². The molecule has 0 aliphatic heterocycles. The van der Waals surface area contributed by atoms with E-state index in [4.69, 9.17) is 0 Å². The van der Waals surface area contributed by atoms with Crippen LogP contribution in [0.4, 0.5) is 0 Å². The molecule has 3 heteroatoms. The van der Waals surface area contributed by atoms with Crippen molar-refractivity contribution in [3.8, 4) is 0 Å². The first-order valence-electron chi connectivity index (χ1n) is 9.21. The van der Waals surface area contributed by atoms with Crippen molar-refractivity contribution in [1.82, 2.24) is 15.1 Å². The lowest BCUT2D eigenvalue weighted by molar-refractivity contribution is 0.241. The second-order valence-electron chi connectivity index (χ2n) is 6.64. The van der Waals surface area contributed by atoms with Gasteiger partial charge in [-0.25, -0.2) is 0 Å². The average Bonchev–Trinajstić information content (AvgIpc) is 2.47. The van der Waals surface area contributed by atoms with Crippen LogP contribution in [0.2, 0.25) is 0 Å². The largest absolute Gasteiger partial charge is 0.313 e. The van der Waals surface area contributed by atoms with Crippen LogP contribution in [-0.4, -0.2) is 61.7 Å². The molecule has 128 valence electrons. The number of hydrogen-bond acceptors (Lipinski definition) is 3. The van der Waals surface area contributed by atoms with Gasteiger partial charge < -0.3 is 15.1 Å². The molecule has 0 bridgehead atoms. The monoisotopic (exact) mass is 299 g/mol. The van der Waals surface area contributed by atoms with Crippen molar-refractivity contribution in [1.29, 1.82) is 0 Å². The molecule has 1 N–H and O–H groups in total. The van der Waals surface area contributed by atoms with Crippen molar-refractivity contribution in [2.24, 2.45) is 5.92 Å². The Kier molecular flexibility index (Phi) is 13.5. The fourth-order valence-electron chi connectivity index (χ4n) is 2.64. The number of nitrogens with zero attached hydrogens (tertiary/aromatic N) is 2. The standard InChI is InChI=1S/C18H41N3/c1-7-20(8-2)14-10-15-21(9-3)16-13-19-18(6)12-11-17(4)5/h17-19H,7-16H2,1-6H3. The first-order valence-corrected chi connectivity index (χ1v) is 9.21. The van der Waals surface area contributed by atoms with Crippen molar-refractivity contribution in [3.63, 3.8) is 0 Å². The van der Waals surface area contributed by atoms with E-state index in [-0.39, 0.29) is 0 Å². The van der Waals surface area contributed by atoms with E-state index in [2.05, 4.69) is 56.7 Å². The summed E-state index contributed by atoms with van der Waals surface area (Å²) < 4.78 is 0. The van der Waals surface area contributed by atoms with Crippen LogP contribution < -0.4 is 5.32 Å². The number of hydrogen-bond donors (Lipinski definition) is 1. The molecule has 3 nitrogen and oxygen atoms in total. The summed E-state index contributed by atoms with van der Waals surface area (Å²) in [5, 5.41) is 3.67. The predicted octanol–water partition coefficient (Wildman–Crippen LogP) is 3.45. The zero-order chi connectivity index (χ0) is 16.1. The van der Waals surface area contributed by atoms with Crippen LogP contribution in [0.3, 0.4) is 0 Å². The van der Waals surface area contributed by atoms with Crippen molar-refractivity contribution in [3.05, 3.63) is 0 Å². The quantitative estimate of drug-likeness (QED) is 0.530. The molecule has 0 aromatic rings. The number of likely N-dealkylation sites (N-methyl/N-ethyl adjacent to an activating group) is 1. The summed E-state index contributed by atoms with van der Waals surface area (Å²) in [5.74, 6) is 0.821. The lowest BCUT2D eigenvalue weighted by atomic mass is 10.0. The highest BCUT2D eigenvalue weighted by Crippen LogP contribution is 2.06. The normalized spacial score (nSPS) is 13.6. The van der Waals surface area contributed by atoms with Crippen LogP contribution in [0.5, 0.6) is 0 Å². The molecular formula is C18H41N3. The molecule has 0 spiro atoms. The van der Waals surface area contributed by atoms with E-state index < -0.39 is 0 Å². The van der Waals surface area contributed by atoms with E-state index in [9.17, 15) is 0 Å². The van der Waals surface area contributed by atoms with Crippen LogP contribution in [0, 0.1) is 5.92 Å². The molecule has 0 radical (unpaired) electrons. The average molecular weight is 300 g/mol. The second kappa shape index (κ2) is 13.5. The Labute approximate surface area is 134 Å². The summed E-state index contributed by atoms with van der Waals surface area (Å²) in [5.41, 5.74) is 0. The van der Waals surface area contributed by atoms with Gasteiger partial charge in [0.1, 0.15) is 0 Å². The highest BCUT2D eigenvalue weighted by atomic mass is 15.1. The molecule has 1 unspecified atom stereocenters. The van der Waals surface area contributed by atoms with Gasteiger partial charge in [-0.1, -0.05) is 34.6 Å². The van der Waals surface area contributed by atoms with Gasteiger partial charge in [0.2, 0.25) is 0 Å². The van der Waals surface area contributed by atoms with Crippen LogP contribution in [0.1, 0.15) is 60.8 Å². The number of rotatable bonds is 14. The first kappa shape index (κ1) is 20.9. The molecule has 0 aromatic heterocycles. The van der Waals surface area contributed by atoms with E-state index in [1.165, 1.54) is 58.5 Å². The van der Waals surface area contributed by atoms with Gasteiger partial charge in [0.05, 0.1) is 0 Å². The van der Waals surface area contributed by atoms with Gasteiger partial charge in [-0.15, -0.1) is 0 Å². The SMILES string of the molecule is CCN(CC)CCCN(CC)CCNC(C)CCC(C)C. The molecule has 0 saturated heterocycles. The van der Waals surface area contributed by atoms with Gasteiger partial charge in [-0.2, -0.15) is 0 Å². The zero-order valence-electron chi connectivity index (χ0n) is 15.6. The molecule has 0 aliphatic carbocycles. The third kappa shape index (κ3) is 12.1. The molecule has 0 amide bonds. The summed E-state index contributed by atoms with van der Waals surface area (Å²) in [7, 11) is 0. The zero-order valence-corrected chi connectivity index (χ0v) is 15.6. The van der Waals surface area contributed by atoms with Gasteiger partial charge in [-0.3, -0.25) is 0 Å². The minimum atomic E-state index is 0.654. The van der Waals surface area contributed by atoms with Crippen LogP contribution >= 0.6 is 0 Å². The fourth-order valence-corrected chi connectivity index (χ4v) is 2.64. The summed E-state index contributed by atoms with van der Waals surface area (Å²) >= 11 is 0. The third-order valence-electron chi connectivity index (χ3n) is 4.39. The maximum atomic E-state index is 3.67.